The Kier molecular flexibility index (Phi) is 5.23. The van der Waals surface area contributed by atoms with Gasteiger partial charge in [0.25, 0.3) is 5.91 Å². The second-order valence-corrected chi connectivity index (χ2v) is 6.55. The van der Waals surface area contributed by atoms with E-state index in [0.29, 0.717) is 17.0 Å². The molecule has 8 nitrogen and oxygen atoms in total. The number of ether oxygens (including phenoxy) is 1. The highest BCUT2D eigenvalue weighted by atomic mass is 16.5. The van der Waals surface area contributed by atoms with Gasteiger partial charge in [0.1, 0.15) is 0 Å². The van der Waals surface area contributed by atoms with E-state index in [4.69, 9.17) is 9.84 Å². The largest absolute Gasteiger partial charge is 0.478 e. The molecule has 4 rings (SSSR count). The molecule has 0 bridgehead atoms. The number of hydrazone groups is 1. The molecular formula is C22H18N4O4. The number of rotatable bonds is 6. The van der Waals surface area contributed by atoms with Crippen LogP contribution in [-0.2, 0) is 9.53 Å². The summed E-state index contributed by atoms with van der Waals surface area (Å²) in [6.07, 6.45) is 5.32. The van der Waals surface area contributed by atoms with E-state index in [1.54, 1.807) is 29.1 Å². The normalized spacial score (nSPS) is 15.0. The fourth-order valence-corrected chi connectivity index (χ4v) is 3.08. The van der Waals surface area contributed by atoms with Crippen LogP contribution in [0.2, 0.25) is 0 Å². The number of aromatic carboxylic acids is 1. The van der Waals surface area contributed by atoms with Crippen molar-refractivity contribution in [3.63, 3.8) is 0 Å². The molecule has 150 valence electrons. The van der Waals surface area contributed by atoms with Crippen LogP contribution in [-0.4, -0.2) is 46.2 Å². The van der Waals surface area contributed by atoms with E-state index in [9.17, 15) is 9.59 Å². The quantitative estimate of drug-likeness (QED) is 0.640. The zero-order chi connectivity index (χ0) is 21.1. The van der Waals surface area contributed by atoms with Crippen LogP contribution in [0.4, 0.5) is 5.69 Å². The molecule has 0 spiro atoms. The van der Waals surface area contributed by atoms with Gasteiger partial charge in [-0.2, -0.15) is 15.2 Å². The summed E-state index contributed by atoms with van der Waals surface area (Å²) in [5.74, 6) is -1.33. The first-order valence-electron chi connectivity index (χ1n) is 9.13. The molecular weight excluding hydrogens is 384 g/mol. The number of hydrogen-bond donors (Lipinski definition) is 1. The number of hydrogen-bond acceptors (Lipinski definition) is 5. The molecule has 0 unspecified atom stereocenters. The van der Waals surface area contributed by atoms with Crippen molar-refractivity contribution in [1.82, 2.24) is 9.78 Å². The lowest BCUT2D eigenvalue weighted by molar-refractivity contribution is -0.114. The predicted octanol–water partition coefficient (Wildman–Crippen LogP) is 3.00. The van der Waals surface area contributed by atoms with Crippen LogP contribution in [0.5, 0.6) is 0 Å². The highest BCUT2D eigenvalue weighted by molar-refractivity contribution is 6.33. The second kappa shape index (κ2) is 8.14. The minimum atomic E-state index is -1.03. The third-order valence-electron chi connectivity index (χ3n) is 4.57. The van der Waals surface area contributed by atoms with E-state index in [2.05, 4.69) is 10.2 Å². The summed E-state index contributed by atoms with van der Waals surface area (Å²) in [7, 11) is 1.54. The molecule has 0 radical (unpaired) electrons. The lowest BCUT2D eigenvalue weighted by Gasteiger charge is -2.11. The van der Waals surface area contributed by atoms with Crippen molar-refractivity contribution < 1.29 is 19.4 Å². The molecule has 0 aliphatic carbocycles. The fraction of sp³-hybridized carbons (Fsp3) is 0.0909. The molecule has 0 fully saturated rings. The van der Waals surface area contributed by atoms with E-state index in [1.165, 1.54) is 24.3 Å². The average molecular weight is 402 g/mol. The molecule has 2 heterocycles. The SMILES string of the molecule is COCC1=NN(c2ccc(C(=O)O)cc2)C(=O)/C1=C\c1ccc(-n2cccn2)cc1. The molecule has 0 saturated heterocycles. The number of carbonyl (C=O) groups excluding carboxylic acids is 1. The van der Waals surface area contributed by atoms with E-state index >= 15 is 0 Å². The molecule has 1 aliphatic heterocycles. The molecule has 30 heavy (non-hydrogen) atoms. The number of aromatic nitrogens is 2. The van der Waals surface area contributed by atoms with Crippen molar-refractivity contribution in [2.24, 2.45) is 5.10 Å². The molecule has 1 N–H and O–H groups in total. The summed E-state index contributed by atoms with van der Waals surface area (Å²) < 4.78 is 6.95. The van der Waals surface area contributed by atoms with Crippen LogP contribution in [0.15, 0.2) is 77.7 Å². The van der Waals surface area contributed by atoms with Crippen molar-refractivity contribution in [3.05, 3.63) is 83.7 Å². The Morgan fingerprint density at radius 3 is 2.40 bits per heavy atom. The smallest absolute Gasteiger partial charge is 0.335 e. The second-order valence-electron chi connectivity index (χ2n) is 6.55. The van der Waals surface area contributed by atoms with Crippen molar-refractivity contribution in [2.45, 2.75) is 0 Å². The van der Waals surface area contributed by atoms with Crippen LogP contribution < -0.4 is 5.01 Å². The van der Waals surface area contributed by atoms with Gasteiger partial charge in [-0.25, -0.2) is 9.48 Å². The maximum absolute atomic E-state index is 13.0. The highest BCUT2D eigenvalue weighted by Gasteiger charge is 2.31. The molecule has 2 aromatic carbocycles. The topological polar surface area (TPSA) is 97.0 Å². The summed E-state index contributed by atoms with van der Waals surface area (Å²) in [5, 5.41) is 18.9. The lowest BCUT2D eigenvalue weighted by atomic mass is 10.1. The molecule has 0 atom stereocenters. The zero-order valence-electron chi connectivity index (χ0n) is 16.1. The van der Waals surface area contributed by atoms with Crippen LogP contribution in [0.1, 0.15) is 15.9 Å². The van der Waals surface area contributed by atoms with Crippen molar-refractivity contribution in [1.29, 1.82) is 0 Å². The Labute approximate surface area is 172 Å². The monoisotopic (exact) mass is 402 g/mol. The van der Waals surface area contributed by atoms with Gasteiger partial charge in [0.05, 0.1) is 34.8 Å². The van der Waals surface area contributed by atoms with Crippen LogP contribution in [0.25, 0.3) is 11.8 Å². The van der Waals surface area contributed by atoms with Crippen molar-refractivity contribution >= 4 is 29.4 Å². The van der Waals surface area contributed by atoms with Gasteiger partial charge in [-0.3, -0.25) is 4.79 Å². The van der Waals surface area contributed by atoms with Gasteiger partial charge in [0.2, 0.25) is 0 Å². The molecule has 1 amide bonds. The average Bonchev–Trinajstić information content (AvgIpc) is 3.39. The number of carboxylic acids is 1. The molecule has 8 heteroatoms. The van der Waals surface area contributed by atoms with Gasteiger partial charge in [-0.15, -0.1) is 0 Å². The Morgan fingerprint density at radius 1 is 1.10 bits per heavy atom. The number of anilines is 1. The summed E-state index contributed by atoms with van der Waals surface area (Å²) >= 11 is 0. The van der Waals surface area contributed by atoms with Crippen molar-refractivity contribution in [2.75, 3.05) is 18.7 Å². The Morgan fingerprint density at radius 2 is 1.80 bits per heavy atom. The van der Waals surface area contributed by atoms with Crippen LogP contribution in [0.3, 0.4) is 0 Å². The van der Waals surface area contributed by atoms with Gasteiger partial charge in [0.15, 0.2) is 0 Å². The Bertz CT molecular complexity index is 1130. The molecule has 1 aromatic heterocycles. The summed E-state index contributed by atoms with van der Waals surface area (Å²) in [4.78, 5) is 24.1. The summed E-state index contributed by atoms with van der Waals surface area (Å²) in [6.45, 7) is 0.173. The first-order valence-corrected chi connectivity index (χ1v) is 9.13. The molecule has 0 saturated carbocycles. The number of carbonyl (C=O) groups is 2. The van der Waals surface area contributed by atoms with Crippen LogP contribution in [0, 0.1) is 0 Å². The summed E-state index contributed by atoms with van der Waals surface area (Å²) in [6, 6.07) is 15.4. The maximum Gasteiger partial charge on any atom is 0.335 e. The number of methoxy groups -OCH3 is 1. The van der Waals surface area contributed by atoms with Crippen LogP contribution >= 0.6 is 0 Å². The van der Waals surface area contributed by atoms with Gasteiger partial charge in [0, 0.05) is 19.5 Å². The number of benzene rings is 2. The van der Waals surface area contributed by atoms with Gasteiger partial charge in [-0.1, -0.05) is 12.1 Å². The van der Waals surface area contributed by atoms with Gasteiger partial charge in [-0.05, 0) is 54.1 Å². The van der Waals surface area contributed by atoms with Gasteiger partial charge >= 0.3 is 5.97 Å². The number of carboxylic acid groups (broad SMARTS) is 1. The maximum atomic E-state index is 13.0. The summed E-state index contributed by atoms with van der Waals surface area (Å²) in [5.41, 5.74) is 3.29. The van der Waals surface area contributed by atoms with E-state index in [1.807, 2.05) is 36.5 Å². The Hall–Kier alpha value is -4.04. The Balaban J connectivity index is 1.63. The molecule has 1 aliphatic rings. The third-order valence-corrected chi connectivity index (χ3v) is 4.57. The van der Waals surface area contributed by atoms with E-state index < -0.39 is 5.97 Å². The first kappa shape index (κ1) is 19.3. The van der Waals surface area contributed by atoms with E-state index in [-0.39, 0.29) is 18.1 Å². The number of amides is 1. The predicted molar refractivity (Wildman–Crippen MR) is 112 cm³/mol. The third kappa shape index (κ3) is 3.76. The standard InChI is InChI=1S/C22H18N4O4/c1-30-14-20-19(13-15-3-7-17(8-4-15)25-12-2-11-23-25)21(27)26(24-20)18-9-5-16(6-10-18)22(28)29/h2-13H,14H2,1H3,(H,28,29)/b19-13-. The fourth-order valence-electron chi connectivity index (χ4n) is 3.08. The highest BCUT2D eigenvalue weighted by Crippen LogP contribution is 2.26. The van der Waals surface area contributed by atoms with Gasteiger partial charge < -0.3 is 9.84 Å². The van der Waals surface area contributed by atoms with E-state index in [0.717, 1.165) is 11.3 Å². The first-order chi connectivity index (χ1) is 14.6. The zero-order valence-corrected chi connectivity index (χ0v) is 16.1. The number of nitrogens with zero attached hydrogens (tertiary/aromatic N) is 4. The minimum absolute atomic E-state index is 0.138. The van der Waals surface area contributed by atoms with Crippen molar-refractivity contribution in [3.8, 4) is 5.69 Å². The minimum Gasteiger partial charge on any atom is -0.478 e. The molecule has 3 aromatic rings. The lowest BCUT2D eigenvalue weighted by Crippen LogP contribution is -2.21.